The molecule has 0 unspecified atom stereocenters. The molecular weight excluding hydrogens is 352 g/mol. The number of carbonyl (C=O) groups excluding carboxylic acids is 2. The molecular formula is C19H18N2O4S. The van der Waals surface area contributed by atoms with Crippen molar-refractivity contribution in [3.63, 3.8) is 0 Å². The summed E-state index contributed by atoms with van der Waals surface area (Å²) in [7, 11) is -3.69. The molecule has 1 fully saturated rings. The van der Waals surface area contributed by atoms with Crippen molar-refractivity contribution in [2.75, 3.05) is 21.5 Å². The van der Waals surface area contributed by atoms with Gasteiger partial charge in [0.25, 0.3) is 5.91 Å². The van der Waals surface area contributed by atoms with Gasteiger partial charge >= 0.3 is 0 Å². The second-order valence-corrected chi connectivity index (χ2v) is 8.53. The van der Waals surface area contributed by atoms with Crippen molar-refractivity contribution < 1.29 is 18.0 Å². The van der Waals surface area contributed by atoms with Gasteiger partial charge in [0.1, 0.15) is 0 Å². The van der Waals surface area contributed by atoms with Gasteiger partial charge in [0.15, 0.2) is 0 Å². The minimum atomic E-state index is -3.69. The van der Waals surface area contributed by atoms with Crippen molar-refractivity contribution in [3.05, 3.63) is 59.7 Å². The van der Waals surface area contributed by atoms with E-state index >= 15 is 0 Å². The highest BCUT2D eigenvalue weighted by atomic mass is 32.2. The molecule has 0 aromatic heterocycles. The van der Waals surface area contributed by atoms with E-state index in [1.807, 2.05) is 24.3 Å². The number of nitrogens with zero attached hydrogens (tertiary/aromatic N) is 2. The van der Waals surface area contributed by atoms with E-state index in [-0.39, 0.29) is 17.3 Å². The number of para-hydroxylation sites is 1. The van der Waals surface area contributed by atoms with Crippen molar-refractivity contribution in [1.82, 2.24) is 0 Å². The molecule has 0 N–H and O–H groups in total. The van der Waals surface area contributed by atoms with Gasteiger partial charge in [0, 0.05) is 17.8 Å². The number of fused-ring (bicyclic) bond motifs is 1. The normalized spacial score (nSPS) is 21.1. The van der Waals surface area contributed by atoms with Crippen LogP contribution in [0.25, 0.3) is 0 Å². The molecule has 2 heterocycles. The summed E-state index contributed by atoms with van der Waals surface area (Å²) in [5.41, 5.74) is 2.57. The summed E-state index contributed by atoms with van der Waals surface area (Å²) in [4.78, 5) is 26.9. The van der Waals surface area contributed by atoms with E-state index < -0.39 is 21.8 Å². The lowest BCUT2D eigenvalue weighted by molar-refractivity contribution is -0.119. The molecule has 7 heteroatoms. The van der Waals surface area contributed by atoms with E-state index in [4.69, 9.17) is 0 Å². The van der Waals surface area contributed by atoms with Crippen LogP contribution in [0.3, 0.4) is 0 Å². The van der Waals surface area contributed by atoms with Crippen LogP contribution in [-0.2, 0) is 21.2 Å². The minimum Gasteiger partial charge on any atom is -0.308 e. The molecule has 2 amide bonds. The predicted molar refractivity (Wildman–Crippen MR) is 98.7 cm³/mol. The molecule has 0 aliphatic carbocycles. The molecule has 1 atom stereocenters. The molecule has 0 radical (unpaired) electrons. The Hall–Kier alpha value is -2.67. The monoisotopic (exact) mass is 370 g/mol. The number of amides is 2. The number of hydrogen-bond donors (Lipinski definition) is 0. The molecule has 26 heavy (non-hydrogen) atoms. The maximum Gasteiger partial charge on any atom is 0.258 e. The van der Waals surface area contributed by atoms with Crippen LogP contribution in [0.5, 0.6) is 0 Å². The lowest BCUT2D eigenvalue weighted by atomic mass is 10.1. The van der Waals surface area contributed by atoms with E-state index in [1.165, 1.54) is 6.07 Å². The zero-order valence-electron chi connectivity index (χ0n) is 14.3. The summed E-state index contributed by atoms with van der Waals surface area (Å²) in [6.45, 7) is 2.18. The van der Waals surface area contributed by atoms with E-state index in [1.54, 1.807) is 30.0 Å². The maximum atomic E-state index is 13.0. The summed E-state index contributed by atoms with van der Waals surface area (Å²) in [6, 6.07) is 14.0. The molecule has 0 bridgehead atoms. The van der Waals surface area contributed by atoms with Crippen LogP contribution in [0, 0.1) is 5.92 Å². The third-order valence-electron chi connectivity index (χ3n) is 4.82. The van der Waals surface area contributed by atoms with Crippen LogP contribution in [0.4, 0.5) is 11.4 Å². The van der Waals surface area contributed by atoms with Gasteiger partial charge in [-0.3, -0.25) is 9.59 Å². The average molecular weight is 370 g/mol. The number of sulfonamides is 1. The van der Waals surface area contributed by atoms with Crippen molar-refractivity contribution in [1.29, 1.82) is 0 Å². The number of rotatable bonds is 2. The molecule has 0 spiro atoms. The van der Waals surface area contributed by atoms with Crippen LogP contribution in [-0.4, -0.2) is 32.5 Å². The van der Waals surface area contributed by atoms with Crippen LogP contribution in [0.1, 0.15) is 22.8 Å². The lowest BCUT2D eigenvalue weighted by Crippen LogP contribution is -2.31. The van der Waals surface area contributed by atoms with Gasteiger partial charge in [-0.15, -0.1) is 0 Å². The Morgan fingerprint density at radius 1 is 1.12 bits per heavy atom. The number of hydrogen-bond acceptors (Lipinski definition) is 4. The Bertz CT molecular complexity index is 1020. The fraction of sp³-hybridized carbons (Fsp3) is 0.263. The van der Waals surface area contributed by atoms with E-state index in [9.17, 15) is 18.0 Å². The lowest BCUT2D eigenvalue weighted by Gasteiger charge is -2.19. The van der Waals surface area contributed by atoms with Crippen molar-refractivity contribution >= 4 is 33.2 Å². The smallest absolute Gasteiger partial charge is 0.258 e. The highest BCUT2D eigenvalue weighted by Gasteiger charge is 2.42. The molecule has 134 valence electrons. The zero-order valence-corrected chi connectivity index (χ0v) is 15.1. The van der Waals surface area contributed by atoms with Crippen molar-refractivity contribution in [3.8, 4) is 0 Å². The van der Waals surface area contributed by atoms with Crippen LogP contribution >= 0.6 is 0 Å². The fourth-order valence-corrected chi connectivity index (χ4v) is 5.37. The molecule has 2 aromatic rings. The molecule has 6 nitrogen and oxygen atoms in total. The fourth-order valence-electron chi connectivity index (χ4n) is 3.56. The summed E-state index contributed by atoms with van der Waals surface area (Å²) in [5.74, 6) is -1.44. The van der Waals surface area contributed by atoms with Gasteiger partial charge < -0.3 is 4.90 Å². The third kappa shape index (κ3) is 2.59. The standard InChI is InChI=1S/C19H18N2O4S/c1-13-12-26(24,25)21(18(13)22)16-7-4-6-15(11-16)19(23)20-10-9-14-5-2-3-8-17(14)20/h2-8,11,13H,9-10,12H2,1H3/t13-/m1/s1. The first kappa shape index (κ1) is 16.8. The number of carbonyl (C=O) groups is 2. The summed E-state index contributed by atoms with van der Waals surface area (Å²) in [5, 5.41) is 0. The van der Waals surface area contributed by atoms with Crippen LogP contribution < -0.4 is 9.21 Å². The Kier molecular flexibility index (Phi) is 3.84. The average Bonchev–Trinajstić information content (AvgIpc) is 3.13. The summed E-state index contributed by atoms with van der Waals surface area (Å²) in [6.07, 6.45) is 0.790. The SMILES string of the molecule is C[C@@H]1CS(=O)(=O)N(c2cccc(C(=O)N3CCc4ccccc43)c2)C1=O. The number of benzene rings is 2. The first-order chi connectivity index (χ1) is 12.4. The van der Waals surface area contributed by atoms with Gasteiger partial charge in [-0.25, -0.2) is 12.7 Å². The van der Waals surface area contributed by atoms with Gasteiger partial charge in [0.05, 0.1) is 17.4 Å². The Morgan fingerprint density at radius 2 is 1.88 bits per heavy atom. The van der Waals surface area contributed by atoms with Gasteiger partial charge in [-0.2, -0.15) is 0 Å². The second-order valence-electron chi connectivity index (χ2n) is 6.67. The van der Waals surface area contributed by atoms with Crippen LogP contribution in [0.15, 0.2) is 48.5 Å². The van der Waals surface area contributed by atoms with Gasteiger partial charge in [-0.05, 0) is 36.2 Å². The molecule has 2 aliphatic rings. The summed E-state index contributed by atoms with van der Waals surface area (Å²) >= 11 is 0. The predicted octanol–water partition coefficient (Wildman–Crippen LogP) is 2.20. The maximum absolute atomic E-state index is 13.0. The Labute approximate surface area is 152 Å². The molecule has 0 saturated carbocycles. The van der Waals surface area contributed by atoms with E-state index in [2.05, 4.69) is 0 Å². The molecule has 2 aromatic carbocycles. The second kappa shape index (κ2) is 5.95. The van der Waals surface area contributed by atoms with E-state index in [0.29, 0.717) is 12.1 Å². The van der Waals surface area contributed by atoms with Gasteiger partial charge in [-0.1, -0.05) is 31.2 Å². The van der Waals surface area contributed by atoms with E-state index in [0.717, 1.165) is 22.0 Å². The highest BCUT2D eigenvalue weighted by molar-refractivity contribution is 7.94. The Morgan fingerprint density at radius 3 is 2.62 bits per heavy atom. The largest absolute Gasteiger partial charge is 0.308 e. The first-order valence-electron chi connectivity index (χ1n) is 8.45. The molecule has 1 saturated heterocycles. The molecule has 2 aliphatic heterocycles. The quantitative estimate of drug-likeness (QED) is 0.812. The number of anilines is 2. The van der Waals surface area contributed by atoms with Gasteiger partial charge in [0.2, 0.25) is 15.9 Å². The zero-order chi connectivity index (χ0) is 18.5. The topological polar surface area (TPSA) is 74.8 Å². The molecule has 4 rings (SSSR count). The third-order valence-corrected chi connectivity index (χ3v) is 6.69. The Balaban J connectivity index is 1.69. The van der Waals surface area contributed by atoms with Crippen molar-refractivity contribution in [2.45, 2.75) is 13.3 Å². The highest BCUT2D eigenvalue weighted by Crippen LogP contribution is 2.31. The summed E-state index contributed by atoms with van der Waals surface area (Å²) < 4.78 is 25.4. The van der Waals surface area contributed by atoms with Crippen molar-refractivity contribution in [2.24, 2.45) is 5.92 Å². The first-order valence-corrected chi connectivity index (χ1v) is 10.1. The minimum absolute atomic E-state index is 0.200. The van der Waals surface area contributed by atoms with Crippen LogP contribution in [0.2, 0.25) is 0 Å².